The number of benzene rings is 1. The SMILES string of the molecule is Cc1ccc2c(c1)CC/C2=N/O. The Morgan fingerprint density at radius 2 is 2.17 bits per heavy atom. The van der Waals surface area contributed by atoms with Crippen molar-refractivity contribution in [1.29, 1.82) is 0 Å². The quantitative estimate of drug-likeness (QED) is 0.458. The minimum atomic E-state index is 0.824. The second-order valence-corrected chi connectivity index (χ2v) is 3.21. The van der Waals surface area contributed by atoms with Gasteiger partial charge in [0.25, 0.3) is 0 Å². The number of nitrogens with zero attached hydrogens (tertiary/aromatic N) is 1. The monoisotopic (exact) mass is 161 g/mol. The maximum absolute atomic E-state index is 8.67. The number of hydrogen-bond donors (Lipinski definition) is 1. The first-order chi connectivity index (χ1) is 5.81. The standard InChI is InChI=1S/C10H11NO/c1-7-2-4-9-8(6-7)3-5-10(9)11-12/h2,4,6,12H,3,5H2,1H3/b11-10-. The van der Waals surface area contributed by atoms with Gasteiger partial charge in [-0.15, -0.1) is 0 Å². The molecule has 0 saturated heterocycles. The highest BCUT2D eigenvalue weighted by Gasteiger charge is 2.17. The van der Waals surface area contributed by atoms with E-state index in [0.29, 0.717) is 0 Å². The maximum Gasteiger partial charge on any atom is 0.0873 e. The van der Waals surface area contributed by atoms with Gasteiger partial charge < -0.3 is 5.21 Å². The molecule has 0 aromatic heterocycles. The number of aryl methyl sites for hydroxylation is 2. The fourth-order valence-corrected chi connectivity index (χ4v) is 1.70. The number of hydrogen-bond acceptors (Lipinski definition) is 2. The number of fused-ring (bicyclic) bond motifs is 1. The van der Waals surface area contributed by atoms with Crippen LogP contribution in [0.4, 0.5) is 0 Å². The third kappa shape index (κ3) is 0.998. The Balaban J connectivity index is 2.55. The first kappa shape index (κ1) is 7.35. The summed E-state index contributed by atoms with van der Waals surface area (Å²) < 4.78 is 0. The highest BCUT2D eigenvalue weighted by molar-refractivity contribution is 6.04. The van der Waals surface area contributed by atoms with Crippen molar-refractivity contribution in [3.63, 3.8) is 0 Å². The predicted molar refractivity (Wildman–Crippen MR) is 47.8 cm³/mol. The molecule has 0 atom stereocenters. The van der Waals surface area contributed by atoms with Crippen LogP contribution in [0.15, 0.2) is 23.4 Å². The van der Waals surface area contributed by atoms with Gasteiger partial charge in [0.05, 0.1) is 5.71 Å². The van der Waals surface area contributed by atoms with Crippen LogP contribution in [0.2, 0.25) is 0 Å². The molecule has 0 heterocycles. The van der Waals surface area contributed by atoms with E-state index in [9.17, 15) is 0 Å². The molecule has 1 aliphatic carbocycles. The van der Waals surface area contributed by atoms with E-state index in [0.717, 1.165) is 24.1 Å². The van der Waals surface area contributed by atoms with Crippen molar-refractivity contribution < 1.29 is 5.21 Å². The van der Waals surface area contributed by atoms with Gasteiger partial charge >= 0.3 is 0 Å². The zero-order chi connectivity index (χ0) is 8.55. The summed E-state index contributed by atoms with van der Waals surface area (Å²) in [6, 6.07) is 6.25. The Labute approximate surface area is 71.5 Å². The molecule has 0 amide bonds. The highest BCUT2D eigenvalue weighted by Crippen LogP contribution is 2.23. The zero-order valence-electron chi connectivity index (χ0n) is 7.04. The van der Waals surface area contributed by atoms with Gasteiger partial charge in [0.1, 0.15) is 0 Å². The molecule has 0 bridgehead atoms. The van der Waals surface area contributed by atoms with Gasteiger partial charge in [0.2, 0.25) is 0 Å². The summed E-state index contributed by atoms with van der Waals surface area (Å²) in [5.41, 5.74) is 4.52. The predicted octanol–water partition coefficient (Wildman–Crippen LogP) is 2.12. The lowest BCUT2D eigenvalue weighted by atomic mass is 10.1. The van der Waals surface area contributed by atoms with Gasteiger partial charge in [-0.1, -0.05) is 28.9 Å². The highest BCUT2D eigenvalue weighted by atomic mass is 16.4. The van der Waals surface area contributed by atoms with E-state index in [1.165, 1.54) is 11.1 Å². The van der Waals surface area contributed by atoms with E-state index in [2.05, 4.69) is 24.2 Å². The molecule has 0 radical (unpaired) electrons. The average Bonchev–Trinajstić information content (AvgIpc) is 2.46. The van der Waals surface area contributed by atoms with Crippen LogP contribution < -0.4 is 0 Å². The van der Waals surface area contributed by atoms with E-state index < -0.39 is 0 Å². The van der Waals surface area contributed by atoms with Gasteiger partial charge in [0.15, 0.2) is 0 Å². The van der Waals surface area contributed by atoms with Crippen molar-refractivity contribution >= 4 is 5.71 Å². The first-order valence-corrected chi connectivity index (χ1v) is 4.12. The molecular weight excluding hydrogens is 150 g/mol. The molecule has 1 N–H and O–H groups in total. The van der Waals surface area contributed by atoms with Crippen LogP contribution in [0.1, 0.15) is 23.1 Å². The molecular formula is C10H11NO. The summed E-state index contributed by atoms with van der Waals surface area (Å²) in [7, 11) is 0. The summed E-state index contributed by atoms with van der Waals surface area (Å²) in [4.78, 5) is 0. The van der Waals surface area contributed by atoms with E-state index in [4.69, 9.17) is 5.21 Å². The molecule has 12 heavy (non-hydrogen) atoms. The smallest absolute Gasteiger partial charge is 0.0873 e. The van der Waals surface area contributed by atoms with E-state index in [1.54, 1.807) is 0 Å². The molecule has 0 spiro atoms. The lowest BCUT2D eigenvalue weighted by Crippen LogP contribution is -1.93. The molecule has 1 aromatic carbocycles. The molecule has 0 saturated carbocycles. The van der Waals surface area contributed by atoms with Crippen LogP contribution >= 0.6 is 0 Å². The number of oxime groups is 1. The minimum Gasteiger partial charge on any atom is -0.411 e. The third-order valence-corrected chi connectivity index (χ3v) is 2.32. The fraction of sp³-hybridized carbons (Fsp3) is 0.300. The van der Waals surface area contributed by atoms with Crippen molar-refractivity contribution in [3.05, 3.63) is 34.9 Å². The van der Waals surface area contributed by atoms with Crippen LogP contribution in [0, 0.1) is 6.92 Å². The molecule has 2 heteroatoms. The largest absolute Gasteiger partial charge is 0.411 e. The second-order valence-electron chi connectivity index (χ2n) is 3.21. The Morgan fingerprint density at radius 1 is 1.33 bits per heavy atom. The Kier molecular flexibility index (Phi) is 1.61. The van der Waals surface area contributed by atoms with Crippen molar-refractivity contribution in [2.75, 3.05) is 0 Å². The maximum atomic E-state index is 8.67. The fourth-order valence-electron chi connectivity index (χ4n) is 1.70. The lowest BCUT2D eigenvalue weighted by Gasteiger charge is -1.98. The van der Waals surface area contributed by atoms with Crippen LogP contribution in [0.3, 0.4) is 0 Å². The number of rotatable bonds is 0. The van der Waals surface area contributed by atoms with E-state index in [1.807, 2.05) is 6.07 Å². The van der Waals surface area contributed by atoms with Gasteiger partial charge in [-0.25, -0.2) is 0 Å². The molecule has 0 aliphatic heterocycles. The van der Waals surface area contributed by atoms with Crippen LogP contribution in [0.5, 0.6) is 0 Å². The molecule has 2 nitrogen and oxygen atoms in total. The van der Waals surface area contributed by atoms with Gasteiger partial charge in [0, 0.05) is 5.56 Å². The van der Waals surface area contributed by atoms with Crippen LogP contribution in [-0.4, -0.2) is 10.9 Å². The average molecular weight is 161 g/mol. The summed E-state index contributed by atoms with van der Waals surface area (Å²) in [6.07, 6.45) is 1.88. The molecule has 62 valence electrons. The summed E-state index contributed by atoms with van der Waals surface area (Å²) in [5.74, 6) is 0. The van der Waals surface area contributed by atoms with Gasteiger partial charge in [-0.05, 0) is 25.3 Å². The van der Waals surface area contributed by atoms with Crippen molar-refractivity contribution in [2.45, 2.75) is 19.8 Å². The minimum absolute atomic E-state index is 0.824. The summed E-state index contributed by atoms with van der Waals surface area (Å²) in [6.45, 7) is 2.08. The van der Waals surface area contributed by atoms with Gasteiger partial charge in [-0.2, -0.15) is 0 Å². The summed E-state index contributed by atoms with van der Waals surface area (Å²) in [5, 5.41) is 11.9. The van der Waals surface area contributed by atoms with Crippen molar-refractivity contribution in [3.8, 4) is 0 Å². The topological polar surface area (TPSA) is 32.6 Å². The van der Waals surface area contributed by atoms with E-state index in [-0.39, 0.29) is 0 Å². The normalized spacial score (nSPS) is 18.2. The zero-order valence-corrected chi connectivity index (χ0v) is 7.04. The Morgan fingerprint density at radius 3 is 2.92 bits per heavy atom. The second kappa shape index (κ2) is 2.63. The molecule has 1 aliphatic rings. The molecule has 0 unspecified atom stereocenters. The van der Waals surface area contributed by atoms with Crippen molar-refractivity contribution in [1.82, 2.24) is 0 Å². The van der Waals surface area contributed by atoms with Crippen LogP contribution in [0.25, 0.3) is 0 Å². The van der Waals surface area contributed by atoms with Crippen molar-refractivity contribution in [2.24, 2.45) is 5.16 Å². The van der Waals surface area contributed by atoms with Gasteiger partial charge in [-0.3, -0.25) is 0 Å². The lowest BCUT2D eigenvalue weighted by molar-refractivity contribution is 0.318. The van der Waals surface area contributed by atoms with E-state index >= 15 is 0 Å². The molecule has 0 fully saturated rings. The summed E-state index contributed by atoms with van der Waals surface area (Å²) >= 11 is 0. The Hall–Kier alpha value is -1.31. The molecule has 1 aromatic rings. The van der Waals surface area contributed by atoms with Crippen LogP contribution in [-0.2, 0) is 6.42 Å². The first-order valence-electron chi connectivity index (χ1n) is 4.12. The third-order valence-electron chi connectivity index (χ3n) is 2.32. The molecule has 2 rings (SSSR count). The Bertz CT molecular complexity index is 342.